The lowest BCUT2D eigenvalue weighted by Gasteiger charge is -2.14. The third-order valence-electron chi connectivity index (χ3n) is 2.94. The summed E-state index contributed by atoms with van der Waals surface area (Å²) in [5.74, 6) is 2.65. The Kier molecular flexibility index (Phi) is 4.16. The largest absolute Gasteiger partial charge is 0.333 e. The minimum absolute atomic E-state index is 0.139. The van der Waals surface area contributed by atoms with E-state index in [4.69, 9.17) is 12.2 Å². The molecule has 2 aromatic rings. The number of unbranched alkanes of at least 4 members (excludes halogenated alkanes) is 1. The van der Waals surface area contributed by atoms with Gasteiger partial charge in [0, 0.05) is 13.0 Å². The van der Waals surface area contributed by atoms with Crippen molar-refractivity contribution in [3.8, 4) is 12.3 Å². The van der Waals surface area contributed by atoms with Crippen LogP contribution in [-0.4, -0.2) is 9.55 Å². The summed E-state index contributed by atoms with van der Waals surface area (Å²) in [4.78, 5) is 4.18. The summed E-state index contributed by atoms with van der Waals surface area (Å²) in [5.41, 5.74) is 8.38. The second-order valence-electron chi connectivity index (χ2n) is 4.21. The molecular formula is C15H17N3. The first-order chi connectivity index (χ1) is 8.83. The minimum Gasteiger partial charge on any atom is -0.333 e. The van der Waals surface area contributed by atoms with E-state index in [2.05, 4.69) is 15.5 Å². The maximum Gasteiger partial charge on any atom is 0.0948 e. The zero-order valence-electron chi connectivity index (χ0n) is 10.3. The molecule has 1 atom stereocenters. The van der Waals surface area contributed by atoms with Gasteiger partial charge in [0.1, 0.15) is 0 Å². The molecule has 1 heterocycles. The van der Waals surface area contributed by atoms with Gasteiger partial charge in [0.25, 0.3) is 0 Å². The molecule has 18 heavy (non-hydrogen) atoms. The van der Waals surface area contributed by atoms with Crippen LogP contribution in [0.1, 0.15) is 30.1 Å². The van der Waals surface area contributed by atoms with Crippen molar-refractivity contribution in [3.63, 3.8) is 0 Å². The predicted molar refractivity (Wildman–Crippen MR) is 72.8 cm³/mol. The van der Waals surface area contributed by atoms with E-state index in [0.29, 0.717) is 0 Å². The van der Waals surface area contributed by atoms with Crippen LogP contribution in [0.25, 0.3) is 0 Å². The van der Waals surface area contributed by atoms with Gasteiger partial charge < -0.3 is 10.3 Å². The molecule has 0 aliphatic carbocycles. The number of terminal acetylenes is 1. The summed E-state index contributed by atoms with van der Waals surface area (Å²) in [6.45, 7) is 0.861. The van der Waals surface area contributed by atoms with Crippen molar-refractivity contribution in [3.05, 3.63) is 54.1 Å². The quantitative estimate of drug-likeness (QED) is 0.643. The molecule has 0 aliphatic heterocycles. The Morgan fingerprint density at radius 1 is 1.33 bits per heavy atom. The summed E-state index contributed by atoms with van der Waals surface area (Å²) < 4.78 is 2.08. The first-order valence-electron chi connectivity index (χ1n) is 6.07. The fraction of sp³-hybridized carbons (Fsp3) is 0.267. The first-order valence-corrected chi connectivity index (χ1v) is 6.07. The summed E-state index contributed by atoms with van der Waals surface area (Å²) in [7, 11) is 0. The normalized spacial score (nSPS) is 12.0. The van der Waals surface area contributed by atoms with E-state index in [1.807, 2.05) is 42.9 Å². The molecule has 2 rings (SSSR count). The third-order valence-corrected chi connectivity index (χ3v) is 2.94. The molecule has 3 nitrogen and oxygen atoms in total. The number of hydrogen-bond acceptors (Lipinski definition) is 2. The van der Waals surface area contributed by atoms with Crippen LogP contribution in [0.3, 0.4) is 0 Å². The van der Waals surface area contributed by atoms with Crippen molar-refractivity contribution < 1.29 is 0 Å². The molecule has 1 unspecified atom stereocenters. The molecule has 0 saturated carbocycles. The molecule has 0 fully saturated rings. The molecule has 1 aromatic carbocycles. The maximum absolute atomic E-state index is 6.26. The van der Waals surface area contributed by atoms with Gasteiger partial charge in [0.15, 0.2) is 0 Å². The lowest BCUT2D eigenvalue weighted by atomic mass is 10.1. The van der Waals surface area contributed by atoms with E-state index in [1.165, 1.54) is 0 Å². The minimum atomic E-state index is -0.139. The van der Waals surface area contributed by atoms with Gasteiger partial charge in [-0.2, -0.15) is 0 Å². The second kappa shape index (κ2) is 6.04. The van der Waals surface area contributed by atoms with E-state index >= 15 is 0 Å². The Hall–Kier alpha value is -2.05. The van der Waals surface area contributed by atoms with Crippen molar-refractivity contribution in [1.29, 1.82) is 0 Å². The second-order valence-corrected chi connectivity index (χ2v) is 4.21. The van der Waals surface area contributed by atoms with Crippen LogP contribution in [0.15, 0.2) is 42.9 Å². The average molecular weight is 239 g/mol. The third kappa shape index (κ3) is 2.79. The number of aryl methyl sites for hydroxylation is 1. The van der Waals surface area contributed by atoms with E-state index in [1.54, 1.807) is 0 Å². The monoisotopic (exact) mass is 239 g/mol. The molecule has 3 heteroatoms. The first kappa shape index (κ1) is 12.4. The maximum atomic E-state index is 6.26. The van der Waals surface area contributed by atoms with Gasteiger partial charge in [-0.15, -0.1) is 12.3 Å². The van der Waals surface area contributed by atoms with Crippen molar-refractivity contribution in [2.75, 3.05) is 0 Å². The highest BCUT2D eigenvalue weighted by Crippen LogP contribution is 2.19. The van der Waals surface area contributed by atoms with Gasteiger partial charge in [0.2, 0.25) is 0 Å². The van der Waals surface area contributed by atoms with E-state index in [-0.39, 0.29) is 6.04 Å². The molecule has 0 bridgehead atoms. The number of aromatic nitrogens is 2. The summed E-state index contributed by atoms with van der Waals surface area (Å²) in [5, 5.41) is 0. The molecule has 1 aromatic heterocycles. The average Bonchev–Trinajstić information content (AvgIpc) is 2.88. The predicted octanol–water partition coefficient (Wildman–Crippen LogP) is 2.34. The Bertz CT molecular complexity index is 522. The Morgan fingerprint density at radius 2 is 2.11 bits per heavy atom. The van der Waals surface area contributed by atoms with Crippen molar-refractivity contribution >= 4 is 0 Å². The lowest BCUT2D eigenvalue weighted by Crippen LogP contribution is -2.16. The Morgan fingerprint density at radius 3 is 2.83 bits per heavy atom. The highest BCUT2D eigenvalue weighted by atomic mass is 15.1. The Balaban J connectivity index is 2.14. The van der Waals surface area contributed by atoms with Crippen LogP contribution in [0.2, 0.25) is 0 Å². The van der Waals surface area contributed by atoms with E-state index in [9.17, 15) is 0 Å². The Labute approximate surface area is 108 Å². The molecule has 0 aliphatic rings. The number of imidazole rings is 1. The molecule has 0 radical (unpaired) electrons. The highest BCUT2D eigenvalue weighted by molar-refractivity contribution is 5.26. The number of benzene rings is 1. The van der Waals surface area contributed by atoms with Gasteiger partial charge >= 0.3 is 0 Å². The molecule has 0 spiro atoms. The number of hydrogen-bond donors (Lipinski definition) is 1. The van der Waals surface area contributed by atoms with Gasteiger partial charge in [-0.3, -0.25) is 0 Å². The van der Waals surface area contributed by atoms with E-state index in [0.717, 1.165) is 30.6 Å². The molecule has 92 valence electrons. The van der Waals surface area contributed by atoms with Crippen LogP contribution in [0.5, 0.6) is 0 Å². The SMILES string of the molecule is C#CCCCn1cncc1C(N)c1ccccc1. The smallest absolute Gasteiger partial charge is 0.0948 e. The number of nitrogens with two attached hydrogens (primary N) is 1. The van der Waals surface area contributed by atoms with Crippen LogP contribution in [0, 0.1) is 12.3 Å². The zero-order chi connectivity index (χ0) is 12.8. The number of rotatable bonds is 5. The van der Waals surface area contributed by atoms with Gasteiger partial charge in [-0.1, -0.05) is 30.3 Å². The van der Waals surface area contributed by atoms with E-state index < -0.39 is 0 Å². The van der Waals surface area contributed by atoms with Crippen molar-refractivity contribution in [2.24, 2.45) is 5.73 Å². The summed E-state index contributed by atoms with van der Waals surface area (Å²) in [6.07, 6.45) is 10.6. The van der Waals surface area contributed by atoms with Gasteiger partial charge in [0.05, 0.1) is 24.3 Å². The standard InChI is InChI=1S/C15H17N3/c1-2-3-7-10-18-12-17-11-14(18)15(16)13-8-5-4-6-9-13/h1,4-6,8-9,11-12,15H,3,7,10,16H2. The van der Waals surface area contributed by atoms with Crippen LogP contribution >= 0.6 is 0 Å². The summed E-state index contributed by atoms with van der Waals surface area (Å²) in [6, 6.07) is 9.90. The van der Waals surface area contributed by atoms with Crippen LogP contribution in [-0.2, 0) is 6.54 Å². The van der Waals surface area contributed by atoms with Crippen LogP contribution < -0.4 is 5.73 Å². The molecule has 2 N–H and O–H groups in total. The van der Waals surface area contributed by atoms with Crippen molar-refractivity contribution in [2.45, 2.75) is 25.4 Å². The van der Waals surface area contributed by atoms with Gasteiger partial charge in [-0.25, -0.2) is 4.98 Å². The topological polar surface area (TPSA) is 43.8 Å². The van der Waals surface area contributed by atoms with Crippen molar-refractivity contribution in [1.82, 2.24) is 9.55 Å². The highest BCUT2D eigenvalue weighted by Gasteiger charge is 2.12. The molecule has 0 saturated heterocycles. The lowest BCUT2D eigenvalue weighted by molar-refractivity contribution is 0.609. The fourth-order valence-corrected chi connectivity index (χ4v) is 1.96. The zero-order valence-corrected chi connectivity index (χ0v) is 10.3. The number of nitrogens with zero attached hydrogens (tertiary/aromatic N) is 2. The summed E-state index contributed by atoms with van der Waals surface area (Å²) >= 11 is 0. The fourth-order valence-electron chi connectivity index (χ4n) is 1.96. The molecule has 0 amide bonds. The van der Waals surface area contributed by atoms with Gasteiger partial charge in [-0.05, 0) is 12.0 Å². The van der Waals surface area contributed by atoms with Crippen LogP contribution in [0.4, 0.5) is 0 Å². The molecular weight excluding hydrogens is 222 g/mol.